The minimum absolute atomic E-state index is 0.250. The Hall–Kier alpha value is -2.25. The Labute approximate surface area is 147 Å². The number of aryl methyl sites for hydroxylation is 1. The number of piperidine rings is 1. The number of imidazole rings is 1. The van der Waals surface area contributed by atoms with Crippen LogP contribution in [0, 0.1) is 6.92 Å². The maximum atomic E-state index is 13.3. The van der Waals surface area contributed by atoms with E-state index in [-0.39, 0.29) is 6.04 Å². The second kappa shape index (κ2) is 6.24. The molecule has 3 heterocycles. The van der Waals surface area contributed by atoms with Gasteiger partial charge in [0.25, 0.3) is 0 Å². The number of hydrogen-bond acceptors (Lipinski definition) is 4. The van der Waals surface area contributed by atoms with Crippen LogP contribution < -0.4 is 0 Å². The molecular formula is C18H20N4O2S. The van der Waals surface area contributed by atoms with E-state index in [2.05, 4.69) is 9.97 Å². The molecule has 0 saturated carbocycles. The summed E-state index contributed by atoms with van der Waals surface area (Å²) in [5, 5.41) is 0. The summed E-state index contributed by atoms with van der Waals surface area (Å²) in [4.78, 5) is 9.18. The molecule has 1 aliphatic heterocycles. The molecule has 0 bridgehead atoms. The van der Waals surface area contributed by atoms with Crippen molar-refractivity contribution < 1.29 is 8.42 Å². The van der Waals surface area contributed by atoms with Crippen molar-refractivity contribution in [2.24, 2.45) is 0 Å². The third-order valence-corrected chi connectivity index (χ3v) is 6.83. The van der Waals surface area contributed by atoms with Crippen molar-refractivity contribution in [2.75, 3.05) is 6.54 Å². The van der Waals surface area contributed by atoms with Crippen LogP contribution in [0.15, 0.2) is 53.8 Å². The van der Waals surface area contributed by atoms with Crippen molar-refractivity contribution in [1.82, 2.24) is 18.7 Å². The van der Waals surface area contributed by atoms with E-state index in [0.717, 1.165) is 30.5 Å². The largest absolute Gasteiger partial charge is 0.291 e. The second-order valence-corrected chi connectivity index (χ2v) is 8.24. The molecule has 1 atom stereocenters. The van der Waals surface area contributed by atoms with Crippen molar-refractivity contribution in [3.8, 4) is 0 Å². The minimum Gasteiger partial charge on any atom is -0.291 e. The standard InChI is InChI=1S/C18H20N4O2S/c1-14-6-2-3-8-17(14)25(23,24)22-11-5-4-7-16(22)15-9-12-21-13-10-19-18(21)20-15/h2-3,6,8-10,12-13,16H,4-5,7,11H2,1H3/t16-/m1/s1. The number of fused-ring (bicyclic) bond motifs is 1. The highest BCUT2D eigenvalue weighted by Crippen LogP contribution is 2.35. The first-order chi connectivity index (χ1) is 12.1. The van der Waals surface area contributed by atoms with Gasteiger partial charge in [-0.2, -0.15) is 4.31 Å². The van der Waals surface area contributed by atoms with Crippen molar-refractivity contribution in [1.29, 1.82) is 0 Å². The summed E-state index contributed by atoms with van der Waals surface area (Å²) < 4.78 is 30.0. The summed E-state index contributed by atoms with van der Waals surface area (Å²) >= 11 is 0. The van der Waals surface area contributed by atoms with Crippen LogP contribution in [0.5, 0.6) is 0 Å². The number of sulfonamides is 1. The van der Waals surface area contributed by atoms with E-state index in [4.69, 9.17) is 0 Å². The number of nitrogens with zero attached hydrogens (tertiary/aromatic N) is 4. The average Bonchev–Trinajstić information content (AvgIpc) is 3.09. The van der Waals surface area contributed by atoms with Crippen LogP contribution in [-0.4, -0.2) is 33.6 Å². The summed E-state index contributed by atoms with van der Waals surface area (Å²) in [7, 11) is -3.56. The fourth-order valence-electron chi connectivity index (χ4n) is 3.46. The van der Waals surface area contributed by atoms with Crippen LogP contribution in [0.2, 0.25) is 0 Å². The van der Waals surface area contributed by atoms with E-state index in [1.165, 1.54) is 0 Å². The van der Waals surface area contributed by atoms with Crippen molar-refractivity contribution in [3.63, 3.8) is 0 Å². The van der Waals surface area contributed by atoms with Gasteiger partial charge in [-0.1, -0.05) is 24.6 Å². The Morgan fingerprint density at radius 3 is 2.80 bits per heavy atom. The number of benzene rings is 1. The van der Waals surface area contributed by atoms with Gasteiger partial charge in [0.1, 0.15) is 0 Å². The zero-order valence-electron chi connectivity index (χ0n) is 14.0. The lowest BCUT2D eigenvalue weighted by Crippen LogP contribution is -2.39. The lowest BCUT2D eigenvalue weighted by molar-refractivity contribution is 0.251. The molecule has 1 saturated heterocycles. The van der Waals surface area contributed by atoms with Crippen LogP contribution in [0.1, 0.15) is 36.6 Å². The van der Waals surface area contributed by atoms with E-state index in [9.17, 15) is 8.42 Å². The first-order valence-electron chi connectivity index (χ1n) is 8.44. The molecule has 0 aliphatic carbocycles. The lowest BCUT2D eigenvalue weighted by Gasteiger charge is -2.34. The zero-order chi connectivity index (χ0) is 17.4. The van der Waals surface area contributed by atoms with Gasteiger partial charge in [0.15, 0.2) is 0 Å². The Bertz CT molecular complexity index is 1010. The second-order valence-electron chi connectivity index (χ2n) is 6.38. The summed E-state index contributed by atoms with van der Waals surface area (Å²) in [5.74, 6) is 0.594. The highest BCUT2D eigenvalue weighted by Gasteiger charge is 2.35. The zero-order valence-corrected chi connectivity index (χ0v) is 14.9. The molecule has 6 nitrogen and oxygen atoms in total. The van der Waals surface area contributed by atoms with Gasteiger partial charge >= 0.3 is 0 Å². The van der Waals surface area contributed by atoms with Crippen molar-refractivity contribution in [3.05, 3.63) is 60.2 Å². The Morgan fingerprint density at radius 2 is 1.96 bits per heavy atom. The predicted octanol–water partition coefficient (Wildman–Crippen LogP) is 2.95. The molecule has 3 aromatic rings. The molecule has 0 radical (unpaired) electrons. The monoisotopic (exact) mass is 356 g/mol. The molecule has 4 rings (SSSR count). The summed E-state index contributed by atoms with van der Waals surface area (Å²) in [5.41, 5.74) is 1.53. The number of aromatic nitrogens is 3. The smallest absolute Gasteiger partial charge is 0.243 e. The van der Waals surface area contributed by atoms with Gasteiger partial charge in [0.05, 0.1) is 16.6 Å². The topological polar surface area (TPSA) is 67.6 Å². The van der Waals surface area contributed by atoms with Gasteiger partial charge in [-0.15, -0.1) is 0 Å². The molecule has 7 heteroatoms. The van der Waals surface area contributed by atoms with Crippen LogP contribution in [-0.2, 0) is 10.0 Å². The fraction of sp³-hybridized carbons (Fsp3) is 0.333. The van der Waals surface area contributed by atoms with E-state index < -0.39 is 10.0 Å². The van der Waals surface area contributed by atoms with Gasteiger partial charge in [-0.05, 0) is 37.5 Å². The number of hydrogen-bond donors (Lipinski definition) is 0. The van der Waals surface area contributed by atoms with Crippen molar-refractivity contribution in [2.45, 2.75) is 37.1 Å². The van der Waals surface area contributed by atoms with Crippen LogP contribution in [0.25, 0.3) is 5.78 Å². The van der Waals surface area contributed by atoms with E-state index in [0.29, 0.717) is 17.2 Å². The molecule has 0 unspecified atom stereocenters. The Balaban J connectivity index is 1.77. The van der Waals surface area contributed by atoms with Crippen LogP contribution in [0.3, 0.4) is 0 Å². The molecule has 25 heavy (non-hydrogen) atoms. The van der Waals surface area contributed by atoms with Crippen LogP contribution in [0.4, 0.5) is 0 Å². The van der Waals surface area contributed by atoms with Gasteiger partial charge in [-0.3, -0.25) is 4.40 Å². The molecule has 0 amide bonds. The summed E-state index contributed by atoms with van der Waals surface area (Å²) in [6, 6.07) is 8.79. The van der Waals surface area contributed by atoms with Gasteiger partial charge in [-0.25, -0.2) is 18.4 Å². The molecule has 2 aromatic heterocycles. The first-order valence-corrected chi connectivity index (χ1v) is 9.88. The Kier molecular flexibility index (Phi) is 4.05. The van der Waals surface area contributed by atoms with Gasteiger partial charge in [0.2, 0.25) is 15.8 Å². The third-order valence-electron chi connectivity index (χ3n) is 4.76. The van der Waals surface area contributed by atoms with E-state index in [1.54, 1.807) is 22.6 Å². The minimum atomic E-state index is -3.56. The SMILES string of the molecule is Cc1ccccc1S(=O)(=O)N1CCCC[C@@H]1c1ccn2ccnc2n1. The highest BCUT2D eigenvalue weighted by molar-refractivity contribution is 7.89. The number of rotatable bonds is 3. The summed E-state index contributed by atoms with van der Waals surface area (Å²) in [6.07, 6.45) is 8.04. The van der Waals surface area contributed by atoms with Gasteiger partial charge < -0.3 is 0 Å². The molecule has 1 aliphatic rings. The molecule has 1 fully saturated rings. The van der Waals surface area contributed by atoms with Crippen molar-refractivity contribution >= 4 is 15.8 Å². The quantitative estimate of drug-likeness (QED) is 0.724. The van der Waals surface area contributed by atoms with E-state index in [1.807, 2.05) is 41.9 Å². The first kappa shape index (κ1) is 16.2. The third kappa shape index (κ3) is 2.83. The molecule has 0 spiro atoms. The maximum absolute atomic E-state index is 13.3. The molecular weight excluding hydrogens is 336 g/mol. The average molecular weight is 356 g/mol. The lowest BCUT2D eigenvalue weighted by atomic mass is 10.0. The molecule has 1 aromatic carbocycles. The fourth-order valence-corrected chi connectivity index (χ4v) is 5.36. The predicted molar refractivity (Wildman–Crippen MR) is 94.6 cm³/mol. The normalized spacial score (nSPS) is 19.3. The Morgan fingerprint density at radius 1 is 1.12 bits per heavy atom. The maximum Gasteiger partial charge on any atom is 0.243 e. The molecule has 130 valence electrons. The van der Waals surface area contributed by atoms with E-state index >= 15 is 0 Å². The van der Waals surface area contributed by atoms with Gasteiger partial charge in [0, 0.05) is 25.1 Å². The molecule has 0 N–H and O–H groups in total. The van der Waals surface area contributed by atoms with Crippen LogP contribution >= 0.6 is 0 Å². The highest BCUT2D eigenvalue weighted by atomic mass is 32.2. The summed E-state index contributed by atoms with van der Waals surface area (Å²) in [6.45, 7) is 2.35.